The summed E-state index contributed by atoms with van der Waals surface area (Å²) in [6.07, 6.45) is 2.33. The average molecular weight is 417 g/mol. The van der Waals surface area contributed by atoms with Crippen molar-refractivity contribution >= 4 is 17.4 Å². The van der Waals surface area contributed by atoms with Gasteiger partial charge in [-0.2, -0.15) is 0 Å². The van der Waals surface area contributed by atoms with Crippen LogP contribution in [0.2, 0.25) is 0 Å². The van der Waals surface area contributed by atoms with E-state index in [1.54, 1.807) is 36.4 Å². The molecule has 3 aromatic rings. The summed E-state index contributed by atoms with van der Waals surface area (Å²) in [5, 5.41) is 11.1. The van der Waals surface area contributed by atoms with E-state index in [0.717, 1.165) is 12.0 Å². The summed E-state index contributed by atoms with van der Waals surface area (Å²) in [7, 11) is 0. The van der Waals surface area contributed by atoms with Crippen LogP contribution in [0.1, 0.15) is 36.3 Å². The van der Waals surface area contributed by atoms with E-state index >= 15 is 0 Å². The number of ketones is 1. The number of benzene rings is 2. The molecule has 1 fully saturated rings. The molecular formula is C25H23NO5. The van der Waals surface area contributed by atoms with Crippen LogP contribution in [0.25, 0.3) is 5.76 Å². The molecule has 6 heteroatoms. The predicted octanol–water partition coefficient (Wildman–Crippen LogP) is 4.69. The van der Waals surface area contributed by atoms with Gasteiger partial charge in [-0.3, -0.25) is 9.59 Å². The lowest BCUT2D eigenvalue weighted by molar-refractivity contribution is -0.140. The first-order valence-electron chi connectivity index (χ1n) is 10.2. The number of aliphatic hydroxyl groups excluding tert-OH is 1. The molecule has 31 heavy (non-hydrogen) atoms. The van der Waals surface area contributed by atoms with Gasteiger partial charge in [-0.1, -0.05) is 49.4 Å². The van der Waals surface area contributed by atoms with E-state index < -0.39 is 17.7 Å². The molecule has 6 nitrogen and oxygen atoms in total. The van der Waals surface area contributed by atoms with Crippen LogP contribution in [0.4, 0.5) is 0 Å². The van der Waals surface area contributed by atoms with Gasteiger partial charge in [0.05, 0.1) is 18.4 Å². The first kappa shape index (κ1) is 20.5. The van der Waals surface area contributed by atoms with E-state index in [4.69, 9.17) is 9.15 Å². The number of amides is 1. The van der Waals surface area contributed by atoms with Gasteiger partial charge in [-0.15, -0.1) is 0 Å². The highest BCUT2D eigenvalue weighted by molar-refractivity contribution is 6.46. The highest BCUT2D eigenvalue weighted by atomic mass is 16.5. The summed E-state index contributed by atoms with van der Waals surface area (Å²) in [5.41, 5.74) is 1.28. The van der Waals surface area contributed by atoms with Crippen molar-refractivity contribution in [2.45, 2.75) is 25.9 Å². The fourth-order valence-corrected chi connectivity index (χ4v) is 3.67. The molecule has 2 aromatic carbocycles. The summed E-state index contributed by atoms with van der Waals surface area (Å²) in [5.74, 6) is -0.675. The largest absolute Gasteiger partial charge is 0.507 e. The number of hydrogen-bond donors (Lipinski definition) is 1. The molecular weight excluding hydrogens is 394 g/mol. The number of nitrogens with zero attached hydrogens (tertiary/aromatic N) is 1. The number of ether oxygens (including phenoxy) is 1. The predicted molar refractivity (Wildman–Crippen MR) is 115 cm³/mol. The monoisotopic (exact) mass is 417 g/mol. The zero-order valence-corrected chi connectivity index (χ0v) is 17.2. The second-order valence-corrected chi connectivity index (χ2v) is 7.30. The number of furan rings is 1. The van der Waals surface area contributed by atoms with E-state index in [1.807, 2.05) is 37.3 Å². The van der Waals surface area contributed by atoms with Crippen LogP contribution in [-0.2, 0) is 16.1 Å². The van der Waals surface area contributed by atoms with Crippen molar-refractivity contribution in [1.82, 2.24) is 4.90 Å². The molecule has 1 unspecified atom stereocenters. The molecule has 1 N–H and O–H groups in total. The van der Waals surface area contributed by atoms with Crippen molar-refractivity contribution in [2.75, 3.05) is 6.61 Å². The van der Waals surface area contributed by atoms with Gasteiger partial charge in [0.1, 0.15) is 23.3 Å². The standard InChI is InChI=1S/C25H23NO5/c1-2-13-30-19-11-6-10-18(15-19)23(27)21-22(20-12-7-14-31-20)26(25(29)24(21)28)16-17-8-4-3-5-9-17/h3-12,14-15,22,27H,2,13,16H2,1H3. The lowest BCUT2D eigenvalue weighted by Gasteiger charge is -2.23. The van der Waals surface area contributed by atoms with Gasteiger partial charge >= 0.3 is 0 Å². The lowest BCUT2D eigenvalue weighted by Crippen LogP contribution is -2.29. The zero-order valence-electron chi connectivity index (χ0n) is 17.2. The fourth-order valence-electron chi connectivity index (χ4n) is 3.67. The molecule has 0 bridgehead atoms. The maximum Gasteiger partial charge on any atom is 0.296 e. The van der Waals surface area contributed by atoms with Crippen molar-refractivity contribution in [2.24, 2.45) is 0 Å². The third kappa shape index (κ3) is 4.10. The SMILES string of the molecule is CCCOc1cccc(C(O)=C2C(=O)C(=O)N(Cc3ccccc3)C2c2ccco2)c1. The van der Waals surface area contributed by atoms with Crippen LogP contribution in [0, 0.1) is 0 Å². The fraction of sp³-hybridized carbons (Fsp3) is 0.200. The minimum atomic E-state index is -0.824. The Balaban J connectivity index is 1.78. The maximum atomic E-state index is 13.0. The second kappa shape index (κ2) is 8.92. The molecule has 0 radical (unpaired) electrons. The average Bonchev–Trinajstić information content (AvgIpc) is 3.41. The lowest BCUT2D eigenvalue weighted by atomic mass is 9.99. The summed E-state index contributed by atoms with van der Waals surface area (Å²) in [4.78, 5) is 27.4. The number of aliphatic hydroxyl groups is 1. The Kier molecular flexibility index (Phi) is 5.89. The van der Waals surface area contributed by atoms with Crippen molar-refractivity contribution in [1.29, 1.82) is 0 Å². The smallest absolute Gasteiger partial charge is 0.296 e. The van der Waals surface area contributed by atoms with Crippen LogP contribution >= 0.6 is 0 Å². The molecule has 0 saturated carbocycles. The number of Topliss-reactive ketones (excluding diaryl/α,β-unsaturated/α-hetero) is 1. The molecule has 4 rings (SSSR count). The van der Waals surface area contributed by atoms with Gasteiger partial charge in [0.2, 0.25) is 0 Å². The highest BCUT2D eigenvalue weighted by Crippen LogP contribution is 2.40. The molecule has 0 aliphatic carbocycles. The van der Waals surface area contributed by atoms with Crippen molar-refractivity contribution in [3.63, 3.8) is 0 Å². The Morgan fingerprint density at radius 2 is 1.87 bits per heavy atom. The molecule has 1 aliphatic rings. The van der Waals surface area contributed by atoms with E-state index in [9.17, 15) is 14.7 Å². The Morgan fingerprint density at radius 1 is 1.06 bits per heavy atom. The highest BCUT2D eigenvalue weighted by Gasteiger charge is 2.47. The van der Waals surface area contributed by atoms with Gasteiger partial charge in [0, 0.05) is 12.1 Å². The van der Waals surface area contributed by atoms with Gasteiger partial charge in [-0.25, -0.2) is 0 Å². The number of hydrogen-bond acceptors (Lipinski definition) is 5. The van der Waals surface area contributed by atoms with Crippen LogP contribution < -0.4 is 4.74 Å². The second-order valence-electron chi connectivity index (χ2n) is 7.30. The van der Waals surface area contributed by atoms with Crippen LogP contribution in [0.15, 0.2) is 83.0 Å². The molecule has 1 amide bonds. The first-order valence-corrected chi connectivity index (χ1v) is 10.2. The molecule has 1 atom stereocenters. The number of rotatable bonds is 7. The van der Waals surface area contributed by atoms with Gasteiger partial charge in [-0.05, 0) is 36.2 Å². The summed E-state index contributed by atoms with van der Waals surface area (Å²) in [6, 6.07) is 18.8. The quantitative estimate of drug-likeness (QED) is 0.343. The van der Waals surface area contributed by atoms with Crippen LogP contribution in [0.5, 0.6) is 5.75 Å². The van der Waals surface area contributed by atoms with Crippen molar-refractivity contribution in [3.8, 4) is 5.75 Å². The third-order valence-electron chi connectivity index (χ3n) is 5.13. The Bertz CT molecular complexity index is 1100. The topological polar surface area (TPSA) is 80.0 Å². The minimum absolute atomic E-state index is 0.00326. The Morgan fingerprint density at radius 3 is 2.58 bits per heavy atom. The van der Waals surface area contributed by atoms with E-state index in [0.29, 0.717) is 23.7 Å². The van der Waals surface area contributed by atoms with Gasteiger partial charge < -0.3 is 19.2 Å². The number of carbonyl (C=O) groups excluding carboxylic acids is 2. The van der Waals surface area contributed by atoms with E-state index in [2.05, 4.69) is 0 Å². The van der Waals surface area contributed by atoms with E-state index in [1.165, 1.54) is 11.2 Å². The van der Waals surface area contributed by atoms with Crippen LogP contribution in [0.3, 0.4) is 0 Å². The molecule has 0 spiro atoms. The molecule has 2 heterocycles. The Labute approximate surface area is 180 Å². The van der Waals surface area contributed by atoms with E-state index in [-0.39, 0.29) is 17.9 Å². The summed E-state index contributed by atoms with van der Waals surface area (Å²) >= 11 is 0. The molecule has 1 aliphatic heterocycles. The third-order valence-corrected chi connectivity index (χ3v) is 5.13. The number of likely N-dealkylation sites (tertiary alicyclic amines) is 1. The molecule has 158 valence electrons. The summed E-state index contributed by atoms with van der Waals surface area (Å²) < 4.78 is 11.2. The molecule has 1 aromatic heterocycles. The van der Waals surface area contributed by atoms with Crippen molar-refractivity contribution < 1.29 is 23.8 Å². The summed E-state index contributed by atoms with van der Waals surface area (Å²) in [6.45, 7) is 2.76. The first-order chi connectivity index (χ1) is 15.1. The molecule has 1 saturated heterocycles. The van der Waals surface area contributed by atoms with Crippen LogP contribution in [-0.4, -0.2) is 28.3 Å². The van der Waals surface area contributed by atoms with Gasteiger partial charge in [0.15, 0.2) is 0 Å². The van der Waals surface area contributed by atoms with Gasteiger partial charge in [0.25, 0.3) is 11.7 Å². The minimum Gasteiger partial charge on any atom is -0.507 e. The number of carbonyl (C=O) groups is 2. The zero-order chi connectivity index (χ0) is 21.8. The van der Waals surface area contributed by atoms with Crippen molar-refractivity contribution in [3.05, 3.63) is 95.5 Å². The Hall–Kier alpha value is -3.80. The normalized spacial score (nSPS) is 17.8. The maximum absolute atomic E-state index is 13.0.